The second-order valence-corrected chi connectivity index (χ2v) is 5.69. The molecule has 2 atom stereocenters. The molecule has 78 valence electrons. The van der Waals surface area contributed by atoms with Crippen LogP contribution in [0.3, 0.4) is 0 Å². The summed E-state index contributed by atoms with van der Waals surface area (Å²) in [4.78, 5) is 0. The first kappa shape index (κ1) is 10.9. The normalized spacial score (nSPS) is 30.3. The summed E-state index contributed by atoms with van der Waals surface area (Å²) >= 11 is 0. The summed E-state index contributed by atoms with van der Waals surface area (Å²) in [7, 11) is -3.05. The van der Waals surface area contributed by atoms with E-state index in [-0.39, 0.29) is 17.8 Å². The molecule has 3 N–H and O–H groups in total. The first-order chi connectivity index (χ1) is 6.03. The van der Waals surface area contributed by atoms with Crippen LogP contribution in [0.2, 0.25) is 0 Å². The molecule has 0 amide bonds. The smallest absolute Gasteiger partial charge is 0.211 e. The average Bonchev–Trinajstić information content (AvgIpc) is 2.03. The maximum absolute atomic E-state index is 11.2. The van der Waals surface area contributed by atoms with Gasteiger partial charge >= 0.3 is 0 Å². The predicted molar refractivity (Wildman–Crippen MR) is 52.8 cm³/mol. The molecule has 0 aliphatic heterocycles. The third-order valence-corrected chi connectivity index (χ3v) is 3.89. The zero-order valence-corrected chi connectivity index (χ0v) is 8.81. The number of hydrogen-bond donors (Lipinski definition) is 2. The van der Waals surface area contributed by atoms with Crippen molar-refractivity contribution in [3.05, 3.63) is 0 Å². The van der Waals surface area contributed by atoms with E-state index in [4.69, 9.17) is 5.73 Å². The van der Waals surface area contributed by atoms with Crippen LogP contribution in [0.4, 0.5) is 0 Å². The molecule has 0 saturated heterocycles. The summed E-state index contributed by atoms with van der Waals surface area (Å²) in [5, 5.41) is 0. The average molecular weight is 206 g/mol. The molecule has 13 heavy (non-hydrogen) atoms. The van der Waals surface area contributed by atoms with Gasteiger partial charge in [0.2, 0.25) is 10.0 Å². The summed E-state index contributed by atoms with van der Waals surface area (Å²) in [6.45, 7) is 1.64. The van der Waals surface area contributed by atoms with E-state index in [0.29, 0.717) is 0 Å². The Hall–Kier alpha value is -0.130. The molecule has 1 fully saturated rings. The largest absolute Gasteiger partial charge is 0.328 e. The Morgan fingerprint density at radius 2 is 2.15 bits per heavy atom. The Balaban J connectivity index is 2.45. The van der Waals surface area contributed by atoms with Gasteiger partial charge in [-0.3, -0.25) is 0 Å². The number of nitrogens with one attached hydrogen (secondary N) is 1. The Kier molecular flexibility index (Phi) is 3.70. The van der Waals surface area contributed by atoms with Crippen molar-refractivity contribution in [1.82, 2.24) is 4.72 Å². The minimum absolute atomic E-state index is 0.0636. The summed E-state index contributed by atoms with van der Waals surface area (Å²) < 4.78 is 25.1. The zero-order chi connectivity index (χ0) is 9.90. The molecule has 1 rings (SSSR count). The van der Waals surface area contributed by atoms with Gasteiger partial charge in [0.25, 0.3) is 0 Å². The molecule has 1 saturated carbocycles. The molecule has 0 bridgehead atoms. The Labute approximate surface area is 79.9 Å². The van der Waals surface area contributed by atoms with Gasteiger partial charge in [0.05, 0.1) is 5.75 Å². The molecule has 0 aromatic rings. The number of nitrogens with two attached hydrogens (primary N) is 1. The van der Waals surface area contributed by atoms with Crippen molar-refractivity contribution in [2.75, 3.05) is 5.75 Å². The van der Waals surface area contributed by atoms with Gasteiger partial charge in [0, 0.05) is 12.1 Å². The molecule has 1 aliphatic carbocycles. The Morgan fingerprint density at radius 3 is 2.69 bits per heavy atom. The van der Waals surface area contributed by atoms with Gasteiger partial charge in [-0.15, -0.1) is 0 Å². The van der Waals surface area contributed by atoms with Crippen molar-refractivity contribution >= 4 is 10.0 Å². The minimum Gasteiger partial charge on any atom is -0.328 e. The molecule has 4 nitrogen and oxygen atoms in total. The van der Waals surface area contributed by atoms with E-state index < -0.39 is 10.0 Å². The summed E-state index contributed by atoms with van der Waals surface area (Å²) in [5.74, 6) is 0.152. The van der Waals surface area contributed by atoms with Crippen molar-refractivity contribution in [2.24, 2.45) is 5.73 Å². The summed E-state index contributed by atoms with van der Waals surface area (Å²) in [6, 6.07) is 0.229. The Bertz CT molecular complexity index is 251. The maximum Gasteiger partial charge on any atom is 0.211 e. The van der Waals surface area contributed by atoms with E-state index in [1.54, 1.807) is 6.92 Å². The van der Waals surface area contributed by atoms with Crippen LogP contribution >= 0.6 is 0 Å². The van der Waals surface area contributed by atoms with Crippen LogP contribution in [0.25, 0.3) is 0 Å². The predicted octanol–water partition coefficient (Wildman–Crippen LogP) is 0.196. The van der Waals surface area contributed by atoms with Gasteiger partial charge in [0.15, 0.2) is 0 Å². The van der Waals surface area contributed by atoms with E-state index >= 15 is 0 Å². The van der Waals surface area contributed by atoms with Crippen molar-refractivity contribution < 1.29 is 8.42 Å². The zero-order valence-electron chi connectivity index (χ0n) is 7.99. The van der Waals surface area contributed by atoms with Crippen LogP contribution in [0.15, 0.2) is 0 Å². The van der Waals surface area contributed by atoms with E-state index in [0.717, 1.165) is 25.7 Å². The van der Waals surface area contributed by atoms with E-state index in [2.05, 4.69) is 4.72 Å². The fourth-order valence-corrected chi connectivity index (χ4v) is 2.56. The lowest BCUT2D eigenvalue weighted by Crippen LogP contribution is -2.42. The lowest BCUT2D eigenvalue weighted by molar-refractivity contribution is 0.371. The monoisotopic (exact) mass is 206 g/mol. The van der Waals surface area contributed by atoms with Gasteiger partial charge in [-0.05, 0) is 26.2 Å². The first-order valence-electron chi connectivity index (χ1n) is 4.79. The van der Waals surface area contributed by atoms with Gasteiger partial charge < -0.3 is 5.73 Å². The lowest BCUT2D eigenvalue weighted by atomic mass is 9.92. The highest BCUT2D eigenvalue weighted by molar-refractivity contribution is 7.89. The molecule has 0 aromatic heterocycles. The summed E-state index contributed by atoms with van der Waals surface area (Å²) in [5.41, 5.74) is 5.75. The minimum atomic E-state index is -3.05. The molecule has 1 aliphatic rings. The molecular formula is C8H18N2O2S. The molecule has 0 aromatic carbocycles. The van der Waals surface area contributed by atoms with Gasteiger partial charge in [-0.1, -0.05) is 6.42 Å². The van der Waals surface area contributed by atoms with Crippen LogP contribution in [-0.4, -0.2) is 26.3 Å². The highest BCUT2D eigenvalue weighted by atomic mass is 32.2. The summed E-state index contributed by atoms with van der Waals surface area (Å²) in [6.07, 6.45) is 3.74. The number of rotatable bonds is 3. The van der Waals surface area contributed by atoms with Crippen LogP contribution in [0.5, 0.6) is 0 Å². The molecule has 0 spiro atoms. The highest BCUT2D eigenvalue weighted by Gasteiger charge is 2.22. The van der Waals surface area contributed by atoms with E-state index in [1.165, 1.54) is 0 Å². The topological polar surface area (TPSA) is 72.2 Å². The third kappa shape index (κ3) is 3.62. The maximum atomic E-state index is 11.2. The number of sulfonamides is 1. The number of hydrogen-bond acceptors (Lipinski definition) is 3. The Morgan fingerprint density at radius 1 is 1.46 bits per heavy atom. The fraction of sp³-hybridized carbons (Fsp3) is 1.00. The second kappa shape index (κ2) is 4.39. The van der Waals surface area contributed by atoms with Crippen molar-refractivity contribution in [2.45, 2.75) is 44.7 Å². The van der Waals surface area contributed by atoms with Crippen LogP contribution in [0.1, 0.15) is 32.6 Å². The molecule has 0 radical (unpaired) electrons. The molecular weight excluding hydrogens is 188 g/mol. The van der Waals surface area contributed by atoms with Crippen LogP contribution in [0, 0.1) is 0 Å². The van der Waals surface area contributed by atoms with Gasteiger partial charge in [-0.25, -0.2) is 13.1 Å². The molecule has 2 unspecified atom stereocenters. The molecule has 5 heteroatoms. The standard InChI is InChI=1S/C8H18N2O2S/c1-2-13(11,12)10-8-5-3-4-7(9)6-8/h7-8,10H,2-6,9H2,1H3. The molecule has 0 heterocycles. The highest BCUT2D eigenvalue weighted by Crippen LogP contribution is 2.17. The van der Waals surface area contributed by atoms with Crippen molar-refractivity contribution in [3.8, 4) is 0 Å². The van der Waals surface area contributed by atoms with Gasteiger partial charge in [-0.2, -0.15) is 0 Å². The van der Waals surface area contributed by atoms with Crippen LogP contribution < -0.4 is 10.5 Å². The van der Waals surface area contributed by atoms with Crippen molar-refractivity contribution in [1.29, 1.82) is 0 Å². The SMILES string of the molecule is CCS(=O)(=O)NC1CCCC(N)C1. The van der Waals surface area contributed by atoms with Gasteiger partial charge in [0.1, 0.15) is 0 Å². The van der Waals surface area contributed by atoms with Crippen LogP contribution in [-0.2, 0) is 10.0 Å². The van der Waals surface area contributed by atoms with Crippen molar-refractivity contribution in [3.63, 3.8) is 0 Å². The first-order valence-corrected chi connectivity index (χ1v) is 6.44. The third-order valence-electron chi connectivity index (χ3n) is 2.44. The second-order valence-electron chi connectivity index (χ2n) is 3.64. The van der Waals surface area contributed by atoms with E-state index in [1.807, 2.05) is 0 Å². The quantitative estimate of drug-likeness (QED) is 0.692. The van der Waals surface area contributed by atoms with E-state index in [9.17, 15) is 8.42 Å². The fourth-order valence-electron chi connectivity index (χ4n) is 1.67. The lowest BCUT2D eigenvalue weighted by Gasteiger charge is -2.26.